The van der Waals surface area contributed by atoms with Gasteiger partial charge in [-0.2, -0.15) is 11.3 Å². The van der Waals surface area contributed by atoms with E-state index in [-0.39, 0.29) is 5.91 Å². The summed E-state index contributed by atoms with van der Waals surface area (Å²) in [6.07, 6.45) is 1.61. The van der Waals surface area contributed by atoms with Crippen LogP contribution in [0.2, 0.25) is 10.0 Å². The van der Waals surface area contributed by atoms with Gasteiger partial charge in [0, 0.05) is 13.1 Å². The van der Waals surface area contributed by atoms with Gasteiger partial charge in [0.15, 0.2) is 0 Å². The summed E-state index contributed by atoms with van der Waals surface area (Å²) < 4.78 is 0. The molecule has 0 atom stereocenters. The smallest absolute Gasteiger partial charge is 0.248 e. The van der Waals surface area contributed by atoms with Gasteiger partial charge >= 0.3 is 0 Å². The van der Waals surface area contributed by atoms with E-state index < -0.39 is 6.61 Å². The maximum absolute atomic E-state index is 11.9. The average Bonchev–Trinajstić information content (AvgIpc) is 3.24. The number of carbonyl (C=O) groups excluding carboxylic acids is 1. The Labute approximate surface area is 154 Å². The number of halogens is 2. The molecule has 0 bridgehead atoms. The topological polar surface area (TPSA) is 40.5 Å². The zero-order valence-corrected chi connectivity index (χ0v) is 15.1. The minimum absolute atomic E-state index is 0.229. The molecule has 0 saturated heterocycles. The Morgan fingerprint density at radius 3 is 2.92 bits per heavy atom. The van der Waals surface area contributed by atoms with Crippen molar-refractivity contribution in [2.24, 2.45) is 0 Å². The molecular weight excluding hydrogens is 365 g/mol. The van der Waals surface area contributed by atoms with Crippen LogP contribution in [0.1, 0.15) is 17.5 Å². The summed E-state index contributed by atoms with van der Waals surface area (Å²) in [5, 5.41) is 14.5. The first kappa shape index (κ1) is 16.2. The highest BCUT2D eigenvalue weighted by Gasteiger charge is 2.33. The lowest BCUT2D eigenvalue weighted by Crippen LogP contribution is -2.37. The van der Waals surface area contributed by atoms with Gasteiger partial charge in [-0.05, 0) is 63.6 Å². The summed E-state index contributed by atoms with van der Waals surface area (Å²) in [6.45, 7) is 0.719. The van der Waals surface area contributed by atoms with Crippen LogP contribution in [0.3, 0.4) is 0 Å². The fourth-order valence-corrected chi connectivity index (χ4v) is 4.71. The van der Waals surface area contributed by atoms with Crippen molar-refractivity contribution >= 4 is 46.0 Å². The van der Waals surface area contributed by atoms with Crippen molar-refractivity contribution in [3.8, 4) is 11.1 Å². The van der Waals surface area contributed by atoms with Gasteiger partial charge in [0.1, 0.15) is 6.61 Å². The Balaban J connectivity index is 1.86. The molecule has 3 nitrogen and oxygen atoms in total. The molecule has 2 aromatic rings. The van der Waals surface area contributed by atoms with Gasteiger partial charge in [0.05, 0.1) is 10.0 Å². The van der Waals surface area contributed by atoms with Crippen molar-refractivity contribution in [3.63, 3.8) is 0 Å². The van der Waals surface area contributed by atoms with Crippen LogP contribution in [0.25, 0.3) is 16.7 Å². The van der Waals surface area contributed by atoms with Crippen molar-refractivity contribution in [1.82, 2.24) is 4.90 Å². The van der Waals surface area contributed by atoms with Gasteiger partial charge < -0.3 is 10.0 Å². The van der Waals surface area contributed by atoms with Crippen molar-refractivity contribution in [1.29, 1.82) is 0 Å². The first-order chi connectivity index (χ1) is 11.6. The van der Waals surface area contributed by atoms with Crippen molar-refractivity contribution in [2.75, 3.05) is 19.7 Å². The molecule has 0 unspecified atom stereocenters. The van der Waals surface area contributed by atoms with E-state index >= 15 is 0 Å². The quantitative estimate of drug-likeness (QED) is 0.846. The summed E-state index contributed by atoms with van der Waals surface area (Å²) >= 11 is 14.5. The first-order valence-electron chi connectivity index (χ1n) is 7.73. The molecule has 24 heavy (non-hydrogen) atoms. The Morgan fingerprint density at radius 1 is 1.38 bits per heavy atom. The van der Waals surface area contributed by atoms with Gasteiger partial charge in [-0.15, -0.1) is 0 Å². The van der Waals surface area contributed by atoms with Crippen LogP contribution in [0.15, 0.2) is 28.5 Å². The largest absolute Gasteiger partial charge is 0.387 e. The fourth-order valence-electron chi connectivity index (χ4n) is 3.61. The van der Waals surface area contributed by atoms with Crippen molar-refractivity contribution in [2.45, 2.75) is 12.8 Å². The molecule has 1 aliphatic carbocycles. The second kappa shape index (κ2) is 6.19. The van der Waals surface area contributed by atoms with Crippen LogP contribution < -0.4 is 0 Å². The molecule has 2 heterocycles. The van der Waals surface area contributed by atoms with Crippen LogP contribution >= 0.6 is 34.5 Å². The lowest BCUT2D eigenvalue weighted by atomic mass is 9.93. The van der Waals surface area contributed by atoms with Gasteiger partial charge in [-0.25, -0.2) is 0 Å². The minimum atomic E-state index is -0.450. The number of nitrogens with zero attached hydrogens (tertiary/aromatic N) is 1. The number of aliphatic hydroxyl groups excluding tert-OH is 1. The monoisotopic (exact) mass is 379 g/mol. The molecule has 0 fully saturated rings. The fraction of sp³-hybridized carbons (Fsp3) is 0.278. The molecule has 2 aliphatic rings. The molecule has 1 aromatic carbocycles. The highest BCUT2D eigenvalue weighted by Crippen LogP contribution is 2.48. The number of rotatable bonds is 2. The summed E-state index contributed by atoms with van der Waals surface area (Å²) in [5.74, 6) is -0.229. The van der Waals surface area contributed by atoms with Crippen molar-refractivity contribution < 1.29 is 9.90 Å². The molecule has 0 spiro atoms. The third-order valence-corrected chi connectivity index (χ3v) is 6.30. The lowest BCUT2D eigenvalue weighted by molar-refractivity contribution is -0.133. The van der Waals surface area contributed by atoms with Crippen LogP contribution in [0.4, 0.5) is 0 Å². The van der Waals surface area contributed by atoms with Crippen LogP contribution in [-0.4, -0.2) is 35.6 Å². The van der Waals surface area contributed by atoms with E-state index in [1.165, 1.54) is 5.57 Å². The standard InChI is InChI=1S/C18H15Cl2NO2S/c19-15-6-12(11-2-4-24-9-11)17-13(18(15)20)5-10-1-3-21(7-14(10)17)16(23)8-22/h2,4,6,9,22H,1,3,5,7-8H2. The van der Waals surface area contributed by atoms with Crippen LogP contribution in [0.5, 0.6) is 0 Å². The second-order valence-electron chi connectivity index (χ2n) is 6.07. The third kappa shape index (κ3) is 2.49. The highest BCUT2D eigenvalue weighted by atomic mass is 35.5. The van der Waals surface area contributed by atoms with E-state index in [9.17, 15) is 4.79 Å². The first-order valence-corrected chi connectivity index (χ1v) is 9.43. The van der Waals surface area contributed by atoms with E-state index in [1.807, 2.05) is 11.4 Å². The number of hydrogen-bond donors (Lipinski definition) is 1. The molecular formula is C18H15Cl2NO2S. The number of thiophene rings is 1. The summed E-state index contributed by atoms with van der Waals surface area (Å²) in [6, 6.07) is 4.00. The number of aliphatic hydroxyl groups is 1. The summed E-state index contributed by atoms with van der Waals surface area (Å²) in [7, 11) is 0. The number of amides is 1. The van der Waals surface area contributed by atoms with Gasteiger partial charge in [0.25, 0.3) is 0 Å². The van der Waals surface area contributed by atoms with Gasteiger partial charge in [-0.3, -0.25) is 4.79 Å². The second-order valence-corrected chi connectivity index (χ2v) is 7.63. The average molecular weight is 380 g/mol. The van der Waals surface area contributed by atoms with Gasteiger partial charge in [0.2, 0.25) is 5.91 Å². The predicted molar refractivity (Wildman–Crippen MR) is 98.7 cm³/mol. The van der Waals surface area contributed by atoms with E-state index in [1.54, 1.807) is 16.2 Å². The number of fused-ring (bicyclic) bond motifs is 2. The van der Waals surface area contributed by atoms with Crippen LogP contribution in [-0.2, 0) is 11.2 Å². The Bertz CT molecular complexity index is 858. The minimum Gasteiger partial charge on any atom is -0.387 e. The normalized spacial score (nSPS) is 16.4. The van der Waals surface area contributed by atoms with E-state index in [2.05, 4.69) is 11.4 Å². The van der Waals surface area contributed by atoms with Crippen molar-refractivity contribution in [3.05, 3.63) is 49.6 Å². The molecule has 1 amide bonds. The number of hydrogen-bond acceptors (Lipinski definition) is 3. The SMILES string of the molecule is O=C(CO)N1CCC2=C(C1)c1c(-c3ccsc3)cc(Cl)c(Cl)c1C2. The predicted octanol–water partition coefficient (Wildman–Crippen LogP) is 4.26. The van der Waals surface area contributed by atoms with E-state index in [4.69, 9.17) is 28.3 Å². The van der Waals surface area contributed by atoms with E-state index in [0.29, 0.717) is 23.1 Å². The summed E-state index contributed by atoms with van der Waals surface area (Å²) in [4.78, 5) is 13.6. The molecule has 0 radical (unpaired) electrons. The maximum Gasteiger partial charge on any atom is 0.248 e. The molecule has 6 heteroatoms. The molecule has 4 rings (SSSR count). The number of carbonyl (C=O) groups is 1. The zero-order valence-electron chi connectivity index (χ0n) is 12.8. The zero-order chi connectivity index (χ0) is 16.8. The molecule has 0 saturated carbocycles. The molecule has 1 aliphatic heterocycles. The Kier molecular flexibility index (Phi) is 4.17. The van der Waals surface area contributed by atoms with E-state index in [0.717, 1.165) is 40.7 Å². The third-order valence-electron chi connectivity index (χ3n) is 4.79. The molecule has 1 aromatic heterocycles. The maximum atomic E-state index is 11.9. The molecule has 124 valence electrons. The lowest BCUT2D eigenvalue weighted by Gasteiger charge is -2.28. The molecule has 1 N–H and O–H groups in total. The number of benzene rings is 1. The van der Waals surface area contributed by atoms with Crippen LogP contribution in [0, 0.1) is 0 Å². The Hall–Kier alpha value is -1.33. The van der Waals surface area contributed by atoms with Gasteiger partial charge in [-0.1, -0.05) is 28.8 Å². The highest BCUT2D eigenvalue weighted by molar-refractivity contribution is 7.08. The Morgan fingerprint density at radius 2 is 2.21 bits per heavy atom. The summed E-state index contributed by atoms with van der Waals surface area (Å²) in [5.41, 5.74) is 6.87.